The first-order chi connectivity index (χ1) is 16.5. The van der Waals surface area contributed by atoms with Gasteiger partial charge in [0.2, 0.25) is 11.8 Å². The number of carbonyl (C=O) groups is 2. The van der Waals surface area contributed by atoms with Gasteiger partial charge in [-0.3, -0.25) is 9.59 Å². The van der Waals surface area contributed by atoms with E-state index in [-0.39, 0.29) is 23.9 Å². The molecule has 7 nitrogen and oxygen atoms in total. The van der Waals surface area contributed by atoms with Crippen molar-refractivity contribution in [1.29, 1.82) is 0 Å². The van der Waals surface area contributed by atoms with E-state index < -0.39 is 6.04 Å². The number of hydrogen-bond acceptors (Lipinski definition) is 6. The van der Waals surface area contributed by atoms with Crippen molar-refractivity contribution in [3.63, 3.8) is 0 Å². The fraction of sp³-hybridized carbons (Fsp3) is 0.462. The van der Waals surface area contributed by atoms with E-state index in [4.69, 9.17) is 4.74 Å². The van der Waals surface area contributed by atoms with Crippen molar-refractivity contribution >= 4 is 23.6 Å². The van der Waals surface area contributed by atoms with Crippen LogP contribution in [0.2, 0.25) is 0 Å². The van der Waals surface area contributed by atoms with Gasteiger partial charge >= 0.3 is 0 Å². The highest BCUT2D eigenvalue weighted by molar-refractivity contribution is 7.98. The molecule has 182 valence electrons. The first kappa shape index (κ1) is 24.6. The van der Waals surface area contributed by atoms with E-state index in [1.807, 2.05) is 50.5 Å². The van der Waals surface area contributed by atoms with Crippen molar-refractivity contribution in [2.75, 3.05) is 39.5 Å². The van der Waals surface area contributed by atoms with Crippen molar-refractivity contribution < 1.29 is 14.3 Å². The monoisotopic (exact) mass is 482 g/mol. The summed E-state index contributed by atoms with van der Waals surface area (Å²) in [5, 5.41) is 6.49. The summed E-state index contributed by atoms with van der Waals surface area (Å²) < 4.78 is 5.83. The largest absolute Gasteiger partial charge is 0.492 e. The van der Waals surface area contributed by atoms with Crippen molar-refractivity contribution in [2.24, 2.45) is 0 Å². The molecular formula is C26H34N4O3S. The average molecular weight is 483 g/mol. The van der Waals surface area contributed by atoms with E-state index in [2.05, 4.69) is 33.7 Å². The van der Waals surface area contributed by atoms with E-state index in [1.165, 1.54) is 5.56 Å². The van der Waals surface area contributed by atoms with Crippen LogP contribution in [0.5, 0.6) is 5.75 Å². The predicted octanol–water partition coefficient (Wildman–Crippen LogP) is 2.12. The molecule has 2 aromatic rings. The highest BCUT2D eigenvalue weighted by Crippen LogP contribution is 2.25. The Balaban J connectivity index is 1.25. The Hall–Kier alpha value is -2.55. The summed E-state index contributed by atoms with van der Waals surface area (Å²) in [4.78, 5) is 29.6. The molecule has 34 heavy (non-hydrogen) atoms. The summed E-state index contributed by atoms with van der Waals surface area (Å²) >= 11 is 1.68. The maximum atomic E-state index is 13.1. The molecule has 0 saturated carbocycles. The number of piperazine rings is 1. The Labute approximate surface area is 206 Å². The third-order valence-corrected chi connectivity index (χ3v) is 7.30. The Morgan fingerprint density at radius 2 is 1.91 bits per heavy atom. The fourth-order valence-electron chi connectivity index (χ4n) is 4.34. The van der Waals surface area contributed by atoms with Crippen LogP contribution in [-0.4, -0.2) is 79.3 Å². The van der Waals surface area contributed by atoms with Gasteiger partial charge in [0.15, 0.2) is 0 Å². The molecule has 8 heteroatoms. The molecule has 2 aliphatic rings. The second kappa shape index (κ2) is 11.7. The molecule has 0 aromatic heterocycles. The van der Waals surface area contributed by atoms with Crippen LogP contribution in [0.1, 0.15) is 17.5 Å². The minimum Gasteiger partial charge on any atom is -0.492 e. The van der Waals surface area contributed by atoms with Crippen LogP contribution in [0.25, 0.3) is 0 Å². The second-order valence-corrected chi connectivity index (χ2v) is 10.2. The molecule has 2 amide bonds. The molecule has 2 saturated heterocycles. The van der Waals surface area contributed by atoms with E-state index >= 15 is 0 Å². The minimum atomic E-state index is -0.452. The molecular weight excluding hydrogens is 448 g/mol. The maximum Gasteiger partial charge on any atom is 0.246 e. The number of rotatable bonds is 11. The molecule has 4 rings (SSSR count). The third-order valence-electron chi connectivity index (χ3n) is 6.20. The average Bonchev–Trinajstić information content (AvgIpc) is 3.27. The zero-order chi connectivity index (χ0) is 23.9. The standard InChI is InChI=1S/C26H34N4O3S/c1-29(2)11-12-33-22-10-6-9-20(13-22)15-27-21-14-24-25(31)28-23(26(32)30(24)16-21)18-34-17-19-7-4-3-5-8-19/h3-10,13,21,23-24,27H,11-12,14-18H2,1-2H3,(H,28,31)/t21-,23-,24-/m0/s1. The fourth-order valence-corrected chi connectivity index (χ4v) is 5.35. The van der Waals surface area contributed by atoms with Crippen LogP contribution in [-0.2, 0) is 21.9 Å². The van der Waals surface area contributed by atoms with E-state index in [0.29, 0.717) is 31.9 Å². The highest BCUT2D eigenvalue weighted by atomic mass is 32.2. The number of fused-ring (bicyclic) bond motifs is 1. The van der Waals surface area contributed by atoms with E-state index in [9.17, 15) is 9.59 Å². The zero-order valence-corrected chi connectivity index (χ0v) is 20.7. The van der Waals surface area contributed by atoms with Gasteiger partial charge in [0.1, 0.15) is 24.4 Å². The van der Waals surface area contributed by atoms with Crippen molar-refractivity contribution in [1.82, 2.24) is 20.4 Å². The van der Waals surface area contributed by atoms with Gasteiger partial charge < -0.3 is 25.2 Å². The number of hydrogen-bond donors (Lipinski definition) is 2. The van der Waals surface area contributed by atoms with E-state index in [0.717, 1.165) is 23.6 Å². The topological polar surface area (TPSA) is 73.9 Å². The number of amides is 2. The maximum absolute atomic E-state index is 13.1. The molecule has 0 bridgehead atoms. The predicted molar refractivity (Wildman–Crippen MR) is 136 cm³/mol. The van der Waals surface area contributed by atoms with Crippen LogP contribution < -0.4 is 15.4 Å². The molecule has 3 atom stereocenters. The molecule has 2 aliphatic heterocycles. The van der Waals surface area contributed by atoms with Gasteiger partial charge in [-0.25, -0.2) is 0 Å². The number of carbonyl (C=O) groups excluding carboxylic acids is 2. The SMILES string of the molecule is CN(C)CCOc1cccc(CN[C@H]2C[C@H]3C(=O)N[C@@H](CSCc4ccccc4)C(=O)N3C2)c1. The molecule has 2 heterocycles. The summed E-state index contributed by atoms with van der Waals surface area (Å²) in [7, 11) is 4.05. The Morgan fingerprint density at radius 3 is 2.71 bits per heavy atom. The van der Waals surface area contributed by atoms with Gasteiger partial charge in [0.25, 0.3) is 0 Å². The van der Waals surface area contributed by atoms with Crippen LogP contribution in [0.4, 0.5) is 0 Å². The number of ether oxygens (including phenoxy) is 1. The Kier molecular flexibility index (Phi) is 8.48. The first-order valence-corrected chi connectivity index (χ1v) is 13.0. The molecule has 0 spiro atoms. The normalized spacial score (nSPS) is 22.1. The quantitative estimate of drug-likeness (QED) is 0.511. The summed E-state index contributed by atoms with van der Waals surface area (Å²) in [6, 6.07) is 17.5. The Morgan fingerprint density at radius 1 is 1.12 bits per heavy atom. The number of nitrogens with one attached hydrogen (secondary N) is 2. The lowest BCUT2D eigenvalue weighted by Crippen LogP contribution is -2.61. The van der Waals surface area contributed by atoms with Gasteiger partial charge in [-0.2, -0.15) is 11.8 Å². The van der Waals surface area contributed by atoms with Crippen molar-refractivity contribution in [3.05, 3.63) is 65.7 Å². The number of nitrogens with zero attached hydrogens (tertiary/aromatic N) is 2. The second-order valence-electron chi connectivity index (χ2n) is 9.18. The third kappa shape index (κ3) is 6.52. The molecule has 2 fully saturated rings. The van der Waals surface area contributed by atoms with Gasteiger partial charge in [0.05, 0.1) is 0 Å². The zero-order valence-electron chi connectivity index (χ0n) is 19.9. The first-order valence-electron chi connectivity index (χ1n) is 11.8. The highest BCUT2D eigenvalue weighted by Gasteiger charge is 2.46. The van der Waals surface area contributed by atoms with E-state index in [1.54, 1.807) is 16.7 Å². The summed E-state index contributed by atoms with van der Waals surface area (Å²) in [5.74, 6) is 2.26. The lowest BCUT2D eigenvalue weighted by Gasteiger charge is -2.34. The minimum absolute atomic E-state index is 0.0331. The van der Waals surface area contributed by atoms with Gasteiger partial charge in [-0.1, -0.05) is 42.5 Å². The van der Waals surface area contributed by atoms with Gasteiger partial charge in [0, 0.05) is 37.2 Å². The summed E-state index contributed by atoms with van der Waals surface area (Å²) in [5.41, 5.74) is 2.34. The van der Waals surface area contributed by atoms with Crippen LogP contribution >= 0.6 is 11.8 Å². The molecule has 2 N–H and O–H groups in total. The van der Waals surface area contributed by atoms with Crippen LogP contribution in [0.15, 0.2) is 54.6 Å². The lowest BCUT2D eigenvalue weighted by atomic mass is 10.1. The smallest absolute Gasteiger partial charge is 0.246 e. The summed E-state index contributed by atoms with van der Waals surface area (Å²) in [6.07, 6.45) is 0.639. The number of thioether (sulfide) groups is 1. The van der Waals surface area contributed by atoms with Gasteiger partial charge in [-0.05, 0) is 43.8 Å². The molecule has 0 unspecified atom stereocenters. The molecule has 0 aliphatic carbocycles. The number of benzene rings is 2. The lowest BCUT2D eigenvalue weighted by molar-refractivity contribution is -0.146. The summed E-state index contributed by atoms with van der Waals surface area (Å²) in [6.45, 7) is 2.74. The van der Waals surface area contributed by atoms with Crippen molar-refractivity contribution in [3.8, 4) is 5.75 Å². The van der Waals surface area contributed by atoms with Crippen LogP contribution in [0, 0.1) is 0 Å². The molecule has 0 radical (unpaired) electrons. The van der Waals surface area contributed by atoms with Crippen LogP contribution in [0.3, 0.4) is 0 Å². The Bertz CT molecular complexity index is 972. The number of likely N-dealkylation sites (N-methyl/N-ethyl adjacent to an activating group) is 1. The van der Waals surface area contributed by atoms with Crippen molar-refractivity contribution in [2.45, 2.75) is 36.8 Å². The molecule has 2 aromatic carbocycles. The van der Waals surface area contributed by atoms with Gasteiger partial charge in [-0.15, -0.1) is 0 Å².